The van der Waals surface area contributed by atoms with Gasteiger partial charge >= 0.3 is 5.97 Å². The number of nitrogens with one attached hydrogen (secondary N) is 1. The lowest BCUT2D eigenvalue weighted by atomic mass is 10.1. The molecule has 5 heteroatoms. The van der Waals surface area contributed by atoms with Gasteiger partial charge in [-0.15, -0.1) is 0 Å². The highest BCUT2D eigenvalue weighted by Gasteiger charge is 2.10. The molecule has 0 spiro atoms. The molecule has 0 aliphatic carbocycles. The molecule has 17 heavy (non-hydrogen) atoms. The minimum atomic E-state index is -0.965. The first-order valence-corrected chi connectivity index (χ1v) is 7.00. The van der Waals surface area contributed by atoms with Gasteiger partial charge in [0.2, 0.25) is 0 Å². The molecule has 0 amide bonds. The molecule has 0 aliphatic rings. The van der Waals surface area contributed by atoms with Crippen molar-refractivity contribution in [3.63, 3.8) is 0 Å². The van der Waals surface area contributed by atoms with E-state index < -0.39 is 5.97 Å². The van der Waals surface area contributed by atoms with Gasteiger partial charge in [0.15, 0.2) is 0 Å². The zero-order valence-corrected chi connectivity index (χ0v) is 11.4. The zero-order valence-electron chi connectivity index (χ0n) is 9.87. The van der Waals surface area contributed by atoms with Gasteiger partial charge in [-0.25, -0.2) is 4.79 Å². The number of carboxylic acid groups (broad SMARTS) is 1. The predicted octanol–water partition coefficient (Wildman–Crippen LogP) is 3.59. The number of hydrogen-bond acceptors (Lipinski definition) is 3. The number of rotatable bonds is 6. The van der Waals surface area contributed by atoms with E-state index in [0.29, 0.717) is 16.0 Å². The molecule has 0 fully saturated rings. The molecule has 1 unspecified atom stereocenters. The van der Waals surface area contributed by atoms with E-state index in [9.17, 15) is 4.79 Å². The van der Waals surface area contributed by atoms with E-state index in [1.807, 2.05) is 0 Å². The Labute approximate surface area is 111 Å². The fraction of sp³-hybridized carbons (Fsp3) is 0.417. The molecule has 3 nitrogen and oxygen atoms in total. The molecular formula is C12H16ClNO2S. The third-order valence-corrected chi connectivity index (χ3v) is 3.76. The van der Waals surface area contributed by atoms with Crippen LogP contribution in [0.25, 0.3) is 0 Å². The number of halogens is 1. The lowest BCUT2D eigenvalue weighted by Crippen LogP contribution is -2.11. The molecule has 0 aromatic heterocycles. The maximum atomic E-state index is 11.0. The molecule has 0 aliphatic heterocycles. The number of benzene rings is 1. The van der Waals surface area contributed by atoms with Gasteiger partial charge in [-0.05, 0) is 30.9 Å². The van der Waals surface area contributed by atoms with Gasteiger partial charge in [0.1, 0.15) is 0 Å². The minimum Gasteiger partial charge on any atom is -0.478 e. The van der Waals surface area contributed by atoms with Crippen molar-refractivity contribution in [1.29, 1.82) is 0 Å². The van der Waals surface area contributed by atoms with Crippen LogP contribution in [0.2, 0.25) is 5.02 Å². The molecule has 0 saturated carbocycles. The van der Waals surface area contributed by atoms with Gasteiger partial charge in [0, 0.05) is 22.5 Å². The summed E-state index contributed by atoms with van der Waals surface area (Å²) in [7, 11) is 0. The molecule has 0 heterocycles. The third kappa shape index (κ3) is 4.48. The molecular weight excluding hydrogens is 258 g/mol. The van der Waals surface area contributed by atoms with Crippen molar-refractivity contribution in [2.45, 2.75) is 18.6 Å². The van der Waals surface area contributed by atoms with Crippen LogP contribution in [0.1, 0.15) is 23.7 Å². The van der Waals surface area contributed by atoms with Crippen LogP contribution in [-0.2, 0) is 0 Å². The van der Waals surface area contributed by atoms with Gasteiger partial charge in [0.05, 0.1) is 5.56 Å². The first-order chi connectivity index (χ1) is 8.04. The number of hydrogen-bond donors (Lipinski definition) is 2. The lowest BCUT2D eigenvalue weighted by molar-refractivity contribution is 0.0698. The second-order valence-corrected chi connectivity index (χ2v) is 5.47. The summed E-state index contributed by atoms with van der Waals surface area (Å²) < 4.78 is 0. The van der Waals surface area contributed by atoms with E-state index in [4.69, 9.17) is 16.7 Å². The predicted molar refractivity (Wildman–Crippen MR) is 74.5 cm³/mol. The summed E-state index contributed by atoms with van der Waals surface area (Å²) in [4.78, 5) is 11.0. The van der Waals surface area contributed by atoms with Crippen LogP contribution in [0.15, 0.2) is 18.2 Å². The normalized spacial score (nSPS) is 12.2. The van der Waals surface area contributed by atoms with E-state index in [0.717, 1.165) is 13.0 Å². The Balaban J connectivity index is 2.67. The van der Waals surface area contributed by atoms with Crippen LogP contribution in [0.4, 0.5) is 5.69 Å². The quantitative estimate of drug-likeness (QED) is 0.832. The number of carbonyl (C=O) groups is 1. The van der Waals surface area contributed by atoms with Crippen molar-refractivity contribution in [3.8, 4) is 0 Å². The molecule has 94 valence electrons. The fourth-order valence-corrected chi connectivity index (χ4v) is 1.90. The van der Waals surface area contributed by atoms with E-state index in [2.05, 4.69) is 18.5 Å². The molecule has 1 atom stereocenters. The standard InChI is InChI=1S/C12H16ClNO2S/c1-8(17-2)5-6-14-11-4-3-9(13)7-10(11)12(15)16/h3-4,7-8,14H,5-6H2,1-2H3,(H,15,16). The van der Waals surface area contributed by atoms with Crippen LogP contribution >= 0.6 is 23.4 Å². The molecule has 1 aromatic carbocycles. The van der Waals surface area contributed by atoms with Gasteiger partial charge in [-0.3, -0.25) is 0 Å². The summed E-state index contributed by atoms with van der Waals surface area (Å²) in [5, 5.41) is 13.2. The molecule has 1 aromatic rings. The average Bonchev–Trinajstić information content (AvgIpc) is 2.30. The van der Waals surface area contributed by atoms with Crippen molar-refractivity contribution in [1.82, 2.24) is 0 Å². The Morgan fingerprint density at radius 3 is 2.88 bits per heavy atom. The van der Waals surface area contributed by atoms with Gasteiger partial charge in [-0.2, -0.15) is 11.8 Å². The van der Waals surface area contributed by atoms with Crippen LogP contribution in [0.5, 0.6) is 0 Å². The summed E-state index contributed by atoms with van der Waals surface area (Å²) in [5.74, 6) is -0.965. The van der Waals surface area contributed by atoms with Crippen molar-refractivity contribution >= 4 is 35.0 Å². The summed E-state index contributed by atoms with van der Waals surface area (Å²) in [5.41, 5.74) is 0.838. The second-order valence-electron chi connectivity index (χ2n) is 3.76. The van der Waals surface area contributed by atoms with E-state index in [1.54, 1.807) is 23.9 Å². The number of thioether (sulfide) groups is 1. The highest BCUT2D eigenvalue weighted by molar-refractivity contribution is 7.99. The third-order valence-electron chi connectivity index (χ3n) is 2.48. The maximum absolute atomic E-state index is 11.0. The van der Waals surface area contributed by atoms with Crippen LogP contribution in [-0.4, -0.2) is 29.1 Å². The monoisotopic (exact) mass is 273 g/mol. The first kappa shape index (κ1) is 14.2. The smallest absolute Gasteiger partial charge is 0.337 e. The van der Waals surface area contributed by atoms with Gasteiger partial charge < -0.3 is 10.4 Å². The summed E-state index contributed by atoms with van der Waals surface area (Å²) >= 11 is 7.57. The minimum absolute atomic E-state index is 0.217. The number of anilines is 1. The Bertz CT molecular complexity index is 398. The first-order valence-electron chi connectivity index (χ1n) is 5.34. The van der Waals surface area contributed by atoms with Crippen molar-refractivity contribution in [2.24, 2.45) is 0 Å². The topological polar surface area (TPSA) is 49.3 Å². The highest BCUT2D eigenvalue weighted by atomic mass is 35.5. The average molecular weight is 274 g/mol. The van der Waals surface area contributed by atoms with Crippen molar-refractivity contribution in [3.05, 3.63) is 28.8 Å². The molecule has 1 rings (SSSR count). The largest absolute Gasteiger partial charge is 0.478 e. The summed E-state index contributed by atoms with van der Waals surface area (Å²) in [6, 6.07) is 4.86. The molecule has 0 radical (unpaired) electrons. The Morgan fingerprint density at radius 1 is 1.59 bits per heavy atom. The molecule has 0 saturated heterocycles. The Kier molecular flexibility index (Phi) is 5.65. The Morgan fingerprint density at radius 2 is 2.29 bits per heavy atom. The van der Waals surface area contributed by atoms with E-state index >= 15 is 0 Å². The van der Waals surface area contributed by atoms with Crippen molar-refractivity contribution < 1.29 is 9.90 Å². The van der Waals surface area contributed by atoms with Crippen molar-refractivity contribution in [2.75, 3.05) is 18.1 Å². The maximum Gasteiger partial charge on any atom is 0.337 e. The molecule has 2 N–H and O–H groups in total. The van der Waals surface area contributed by atoms with Crippen LogP contribution in [0, 0.1) is 0 Å². The second kappa shape index (κ2) is 6.77. The van der Waals surface area contributed by atoms with Crippen LogP contribution in [0.3, 0.4) is 0 Å². The number of aromatic carboxylic acids is 1. The lowest BCUT2D eigenvalue weighted by Gasteiger charge is -2.12. The van der Waals surface area contributed by atoms with Crippen LogP contribution < -0.4 is 5.32 Å². The Hall–Kier alpha value is -0.870. The van der Waals surface area contributed by atoms with Gasteiger partial charge in [0.25, 0.3) is 0 Å². The SMILES string of the molecule is CSC(C)CCNc1ccc(Cl)cc1C(=O)O. The summed E-state index contributed by atoms with van der Waals surface area (Å²) in [6.07, 6.45) is 3.05. The fourth-order valence-electron chi connectivity index (χ4n) is 1.38. The summed E-state index contributed by atoms with van der Waals surface area (Å²) in [6.45, 7) is 2.90. The van der Waals surface area contributed by atoms with E-state index in [-0.39, 0.29) is 5.56 Å². The highest BCUT2D eigenvalue weighted by Crippen LogP contribution is 2.21. The van der Waals surface area contributed by atoms with Gasteiger partial charge in [-0.1, -0.05) is 18.5 Å². The zero-order chi connectivity index (χ0) is 12.8. The molecule has 0 bridgehead atoms. The van der Waals surface area contributed by atoms with E-state index in [1.165, 1.54) is 6.07 Å². The number of carboxylic acids is 1.